The second-order valence-electron chi connectivity index (χ2n) is 5.78. The summed E-state index contributed by atoms with van der Waals surface area (Å²) in [6, 6.07) is 12.6. The lowest BCUT2D eigenvalue weighted by Crippen LogP contribution is -2.30. The molecule has 0 bridgehead atoms. The van der Waals surface area contributed by atoms with Crippen molar-refractivity contribution in [2.75, 3.05) is 4.90 Å². The molecule has 0 spiro atoms. The molecule has 1 aliphatic heterocycles. The first-order chi connectivity index (χ1) is 12.4. The Bertz CT molecular complexity index is 957. The first kappa shape index (κ1) is 17.2. The average molecular weight is 349 g/mol. The molecule has 0 N–H and O–H groups in total. The normalized spacial score (nSPS) is 15.3. The predicted molar refractivity (Wildman–Crippen MR) is 98.1 cm³/mol. The topological polar surface area (TPSA) is 92.9 Å². The van der Waals surface area contributed by atoms with Gasteiger partial charge in [-0.05, 0) is 61.9 Å². The van der Waals surface area contributed by atoms with E-state index in [0.717, 1.165) is 0 Å². The zero-order valence-electron chi connectivity index (χ0n) is 14.2. The molecule has 2 aromatic carbocycles. The summed E-state index contributed by atoms with van der Waals surface area (Å²) in [6.07, 6.45) is 1.58. The molecule has 3 rings (SSSR count). The smallest absolute Gasteiger partial charge is 0.282 e. The summed E-state index contributed by atoms with van der Waals surface area (Å²) in [5.41, 5.74) is 2.05. The van der Waals surface area contributed by atoms with Crippen LogP contribution in [0.25, 0.3) is 6.08 Å². The molecule has 0 fully saturated rings. The Kier molecular flexibility index (Phi) is 4.45. The second-order valence-corrected chi connectivity index (χ2v) is 5.78. The number of rotatable bonds is 4. The maximum atomic E-state index is 12.7. The Hall–Kier alpha value is -3.61. The van der Waals surface area contributed by atoms with Crippen LogP contribution in [0.4, 0.5) is 11.4 Å². The largest absolute Gasteiger partial charge is 0.295 e. The van der Waals surface area contributed by atoms with Gasteiger partial charge < -0.3 is 0 Å². The number of nitro benzene ring substituents is 1. The van der Waals surface area contributed by atoms with Crippen molar-refractivity contribution in [1.82, 2.24) is 0 Å². The van der Waals surface area contributed by atoms with E-state index in [1.54, 1.807) is 49.4 Å². The van der Waals surface area contributed by atoms with Crippen molar-refractivity contribution in [1.29, 1.82) is 0 Å². The summed E-state index contributed by atoms with van der Waals surface area (Å²) >= 11 is 0. The lowest BCUT2D eigenvalue weighted by molar-refractivity contribution is -0.384. The molecule has 1 aliphatic rings. The van der Waals surface area contributed by atoms with Crippen LogP contribution in [-0.2, 0) is 4.79 Å². The highest BCUT2D eigenvalue weighted by Gasteiger charge is 2.28. The van der Waals surface area contributed by atoms with Gasteiger partial charge in [0.15, 0.2) is 5.78 Å². The van der Waals surface area contributed by atoms with Crippen LogP contribution in [0.5, 0.6) is 0 Å². The second kappa shape index (κ2) is 6.72. The lowest BCUT2D eigenvalue weighted by atomic mass is 10.1. The van der Waals surface area contributed by atoms with Gasteiger partial charge in [0, 0.05) is 17.7 Å². The van der Waals surface area contributed by atoms with Crippen LogP contribution < -0.4 is 4.90 Å². The van der Waals surface area contributed by atoms with Crippen molar-refractivity contribution >= 4 is 35.0 Å². The van der Waals surface area contributed by atoms with Gasteiger partial charge in [-0.15, -0.1) is 0 Å². The van der Waals surface area contributed by atoms with Crippen molar-refractivity contribution < 1.29 is 14.5 Å². The Labute approximate surface area is 149 Å². The average Bonchev–Trinajstić information content (AvgIpc) is 2.89. The number of Topliss-reactive ketones (excluding diaryl/α,β-unsaturated/α-hetero) is 1. The summed E-state index contributed by atoms with van der Waals surface area (Å²) in [4.78, 5) is 40.0. The van der Waals surface area contributed by atoms with Crippen LogP contribution in [0, 0.1) is 10.1 Å². The number of anilines is 1. The molecular formula is C19H15N3O4. The van der Waals surface area contributed by atoms with Crippen molar-refractivity contribution in [2.24, 2.45) is 4.99 Å². The molecule has 0 radical (unpaired) electrons. The van der Waals surface area contributed by atoms with Crippen molar-refractivity contribution in [3.05, 3.63) is 75.5 Å². The van der Waals surface area contributed by atoms with E-state index in [1.807, 2.05) is 0 Å². The molecule has 0 aliphatic carbocycles. The Balaban J connectivity index is 1.87. The summed E-state index contributed by atoms with van der Waals surface area (Å²) < 4.78 is 0. The lowest BCUT2D eigenvalue weighted by Gasteiger charge is -2.16. The maximum Gasteiger partial charge on any atom is 0.282 e. The van der Waals surface area contributed by atoms with Gasteiger partial charge in [-0.3, -0.25) is 24.6 Å². The van der Waals surface area contributed by atoms with Gasteiger partial charge in [0.25, 0.3) is 11.6 Å². The van der Waals surface area contributed by atoms with E-state index in [0.29, 0.717) is 22.6 Å². The fourth-order valence-electron chi connectivity index (χ4n) is 2.63. The van der Waals surface area contributed by atoms with E-state index in [1.165, 1.54) is 24.0 Å². The van der Waals surface area contributed by atoms with E-state index in [4.69, 9.17) is 0 Å². The van der Waals surface area contributed by atoms with Gasteiger partial charge >= 0.3 is 0 Å². The number of ketones is 1. The van der Waals surface area contributed by atoms with Gasteiger partial charge in [-0.1, -0.05) is 0 Å². The maximum absolute atomic E-state index is 12.7. The fraction of sp³-hybridized carbons (Fsp3) is 0.105. The third-order valence-corrected chi connectivity index (χ3v) is 3.97. The minimum Gasteiger partial charge on any atom is -0.295 e. The summed E-state index contributed by atoms with van der Waals surface area (Å²) in [6.45, 7) is 3.20. The van der Waals surface area contributed by atoms with E-state index < -0.39 is 4.92 Å². The van der Waals surface area contributed by atoms with Crippen molar-refractivity contribution in [2.45, 2.75) is 13.8 Å². The van der Waals surface area contributed by atoms with Crippen LogP contribution in [0.3, 0.4) is 0 Å². The molecule has 0 atom stereocenters. The quantitative estimate of drug-likeness (QED) is 0.365. The number of benzene rings is 2. The molecule has 0 saturated carbocycles. The van der Waals surface area contributed by atoms with Gasteiger partial charge in [0.2, 0.25) is 0 Å². The van der Waals surface area contributed by atoms with Crippen LogP contribution in [0.2, 0.25) is 0 Å². The molecule has 0 unspecified atom stereocenters. The molecule has 1 heterocycles. The van der Waals surface area contributed by atoms with Crippen LogP contribution >= 0.6 is 0 Å². The van der Waals surface area contributed by atoms with Crippen LogP contribution in [0.1, 0.15) is 29.8 Å². The standard InChI is InChI=1S/C19H15N3O4/c1-12(23)15-5-9-16(10-6-15)21-13(2)20-18(19(21)24)11-14-3-7-17(8-4-14)22(25)26/h3-11H,1-2H3/b18-11+. The molecule has 2 aromatic rings. The molecular weight excluding hydrogens is 334 g/mol. The van der Waals surface area contributed by atoms with E-state index in [9.17, 15) is 19.7 Å². The number of carbonyl (C=O) groups excluding carboxylic acids is 2. The number of carbonyl (C=O) groups is 2. The third-order valence-electron chi connectivity index (χ3n) is 3.97. The molecule has 7 heteroatoms. The van der Waals surface area contributed by atoms with Crippen LogP contribution in [0.15, 0.2) is 59.2 Å². The number of hydrogen-bond donors (Lipinski definition) is 0. The van der Waals surface area contributed by atoms with Gasteiger partial charge in [0.05, 0.1) is 10.6 Å². The summed E-state index contributed by atoms with van der Waals surface area (Å²) in [7, 11) is 0. The van der Waals surface area contributed by atoms with Crippen LogP contribution in [-0.4, -0.2) is 22.4 Å². The highest BCUT2D eigenvalue weighted by Crippen LogP contribution is 2.25. The SMILES string of the molecule is CC(=O)c1ccc(N2C(=O)/C(=C\c3ccc([N+](=O)[O-])cc3)N=C2C)cc1. The summed E-state index contributed by atoms with van der Waals surface area (Å²) in [5, 5.41) is 10.7. The first-order valence-corrected chi connectivity index (χ1v) is 7.84. The number of nitro groups is 1. The minimum atomic E-state index is -0.480. The van der Waals surface area contributed by atoms with Gasteiger partial charge in [-0.2, -0.15) is 0 Å². The number of non-ortho nitro benzene ring substituents is 1. The zero-order valence-corrected chi connectivity index (χ0v) is 14.2. The van der Waals surface area contributed by atoms with Gasteiger partial charge in [0.1, 0.15) is 11.5 Å². The number of nitrogens with zero attached hydrogens (tertiary/aromatic N) is 3. The number of hydrogen-bond acceptors (Lipinski definition) is 5. The Morgan fingerprint density at radius 3 is 2.27 bits per heavy atom. The number of aliphatic imine (C=N–C) groups is 1. The molecule has 7 nitrogen and oxygen atoms in total. The highest BCUT2D eigenvalue weighted by atomic mass is 16.6. The van der Waals surface area contributed by atoms with E-state index in [-0.39, 0.29) is 23.1 Å². The van der Waals surface area contributed by atoms with Crippen molar-refractivity contribution in [3.8, 4) is 0 Å². The minimum absolute atomic E-state index is 0.0169. The molecule has 130 valence electrons. The molecule has 0 saturated heterocycles. The predicted octanol–water partition coefficient (Wildman–Crippen LogP) is 3.60. The Morgan fingerprint density at radius 2 is 1.73 bits per heavy atom. The summed E-state index contributed by atoms with van der Waals surface area (Å²) in [5.74, 6) is 0.170. The monoisotopic (exact) mass is 349 g/mol. The van der Waals surface area contributed by atoms with E-state index in [2.05, 4.69) is 4.99 Å². The molecule has 1 amide bonds. The Morgan fingerprint density at radius 1 is 1.12 bits per heavy atom. The number of amidine groups is 1. The number of amides is 1. The highest BCUT2D eigenvalue weighted by molar-refractivity contribution is 6.28. The fourth-order valence-corrected chi connectivity index (χ4v) is 2.63. The van der Waals surface area contributed by atoms with E-state index >= 15 is 0 Å². The van der Waals surface area contributed by atoms with Crippen molar-refractivity contribution in [3.63, 3.8) is 0 Å². The first-order valence-electron chi connectivity index (χ1n) is 7.84. The molecule has 26 heavy (non-hydrogen) atoms. The zero-order chi connectivity index (χ0) is 18.8. The molecule has 0 aromatic heterocycles. The van der Waals surface area contributed by atoms with Gasteiger partial charge in [-0.25, -0.2) is 4.99 Å². The third kappa shape index (κ3) is 3.27.